The second kappa shape index (κ2) is 7.67. The molecule has 1 saturated heterocycles. The number of ether oxygens (including phenoxy) is 3. The first kappa shape index (κ1) is 19.5. The summed E-state index contributed by atoms with van der Waals surface area (Å²) in [6.07, 6.45) is 2.00. The van der Waals surface area contributed by atoms with Gasteiger partial charge in [0.2, 0.25) is 0 Å². The minimum absolute atomic E-state index is 0.216. The van der Waals surface area contributed by atoms with Crippen molar-refractivity contribution in [2.24, 2.45) is 0 Å². The SMILES string of the molecule is COC(=O)c1ccc2c(c1)N(C[C@@H]1CCN1)CC1(CCOc3cc(Cl)ccc31)CO2. The number of carbonyl (C=O) groups excluding carboxylic acids is 1. The van der Waals surface area contributed by atoms with Crippen molar-refractivity contribution >= 4 is 23.3 Å². The predicted octanol–water partition coefficient (Wildman–Crippen LogP) is 3.41. The lowest BCUT2D eigenvalue weighted by molar-refractivity contribution is 0.0600. The van der Waals surface area contributed by atoms with E-state index in [4.69, 9.17) is 25.8 Å². The minimum atomic E-state index is -0.343. The van der Waals surface area contributed by atoms with Crippen molar-refractivity contribution in [3.05, 3.63) is 52.5 Å². The highest BCUT2D eigenvalue weighted by Crippen LogP contribution is 2.45. The molecule has 0 aromatic heterocycles. The van der Waals surface area contributed by atoms with Gasteiger partial charge in [-0.2, -0.15) is 0 Å². The smallest absolute Gasteiger partial charge is 0.337 e. The van der Waals surface area contributed by atoms with E-state index in [0.717, 1.165) is 55.2 Å². The summed E-state index contributed by atoms with van der Waals surface area (Å²) in [5.41, 5.74) is 2.38. The number of methoxy groups -OCH3 is 1. The van der Waals surface area contributed by atoms with Crippen molar-refractivity contribution in [1.29, 1.82) is 0 Å². The molecule has 0 saturated carbocycles. The van der Waals surface area contributed by atoms with Crippen molar-refractivity contribution in [2.75, 3.05) is 44.9 Å². The van der Waals surface area contributed by atoms with Crippen LogP contribution < -0.4 is 19.7 Å². The van der Waals surface area contributed by atoms with Gasteiger partial charge in [0.05, 0.1) is 37.0 Å². The number of halogens is 1. The fourth-order valence-corrected chi connectivity index (χ4v) is 4.80. The van der Waals surface area contributed by atoms with Crippen molar-refractivity contribution in [2.45, 2.75) is 24.3 Å². The molecule has 2 aromatic carbocycles. The van der Waals surface area contributed by atoms with Crippen molar-refractivity contribution < 1.29 is 19.0 Å². The molecule has 1 N–H and O–H groups in total. The topological polar surface area (TPSA) is 60.0 Å². The van der Waals surface area contributed by atoms with Crippen LogP contribution in [0.15, 0.2) is 36.4 Å². The quantitative estimate of drug-likeness (QED) is 0.756. The van der Waals surface area contributed by atoms with E-state index in [1.165, 1.54) is 7.11 Å². The molecule has 3 heterocycles. The van der Waals surface area contributed by atoms with Gasteiger partial charge in [-0.1, -0.05) is 17.7 Å². The van der Waals surface area contributed by atoms with Crippen LogP contribution in [0.3, 0.4) is 0 Å². The zero-order valence-corrected chi connectivity index (χ0v) is 17.7. The first-order chi connectivity index (χ1) is 14.6. The van der Waals surface area contributed by atoms with Crippen LogP contribution in [0.4, 0.5) is 5.69 Å². The molecule has 5 rings (SSSR count). The average molecular weight is 429 g/mol. The van der Waals surface area contributed by atoms with Crippen LogP contribution in [-0.4, -0.2) is 52.0 Å². The molecular formula is C23H25ClN2O4. The first-order valence-electron chi connectivity index (χ1n) is 10.3. The summed E-state index contributed by atoms with van der Waals surface area (Å²) in [5.74, 6) is 1.28. The molecule has 2 atom stereocenters. The van der Waals surface area contributed by atoms with Gasteiger partial charge in [0.25, 0.3) is 0 Å². The van der Waals surface area contributed by atoms with Gasteiger partial charge in [-0.15, -0.1) is 0 Å². The number of hydrogen-bond acceptors (Lipinski definition) is 6. The molecule has 0 bridgehead atoms. The number of nitrogens with one attached hydrogen (secondary N) is 1. The van der Waals surface area contributed by atoms with Gasteiger partial charge < -0.3 is 24.4 Å². The van der Waals surface area contributed by atoms with Crippen LogP contribution in [0.25, 0.3) is 0 Å². The second-order valence-electron chi connectivity index (χ2n) is 8.30. The fraction of sp³-hybridized carbons (Fsp3) is 0.435. The Morgan fingerprint density at radius 1 is 1.27 bits per heavy atom. The molecule has 3 aliphatic rings. The van der Waals surface area contributed by atoms with Crippen molar-refractivity contribution in [3.8, 4) is 11.5 Å². The van der Waals surface area contributed by atoms with Crippen LogP contribution in [-0.2, 0) is 10.2 Å². The Kier molecular flexibility index (Phi) is 4.99. The zero-order valence-electron chi connectivity index (χ0n) is 16.9. The Labute approximate surface area is 181 Å². The van der Waals surface area contributed by atoms with E-state index in [2.05, 4.69) is 16.3 Å². The lowest BCUT2D eigenvalue weighted by atomic mass is 9.76. The highest BCUT2D eigenvalue weighted by molar-refractivity contribution is 6.30. The zero-order chi connectivity index (χ0) is 20.7. The van der Waals surface area contributed by atoms with Crippen LogP contribution in [0.2, 0.25) is 5.02 Å². The molecule has 0 radical (unpaired) electrons. The van der Waals surface area contributed by atoms with E-state index < -0.39 is 0 Å². The summed E-state index contributed by atoms with van der Waals surface area (Å²) in [7, 11) is 1.40. The Bertz CT molecular complexity index is 978. The fourth-order valence-electron chi connectivity index (χ4n) is 4.64. The third-order valence-electron chi connectivity index (χ3n) is 6.44. The summed E-state index contributed by atoms with van der Waals surface area (Å²) in [5, 5.41) is 4.16. The number of rotatable bonds is 3. The van der Waals surface area contributed by atoms with E-state index in [1.807, 2.05) is 24.3 Å². The Balaban J connectivity index is 1.56. The molecule has 3 aliphatic heterocycles. The van der Waals surface area contributed by atoms with Gasteiger partial charge >= 0.3 is 5.97 Å². The number of nitrogens with zero attached hydrogens (tertiary/aromatic N) is 1. The largest absolute Gasteiger partial charge is 0.493 e. The van der Waals surface area contributed by atoms with Crippen LogP contribution in [0.1, 0.15) is 28.8 Å². The van der Waals surface area contributed by atoms with Gasteiger partial charge in [-0.3, -0.25) is 0 Å². The molecule has 30 heavy (non-hydrogen) atoms. The molecule has 1 spiro atoms. The minimum Gasteiger partial charge on any atom is -0.493 e. The number of esters is 1. The van der Waals surface area contributed by atoms with E-state index in [-0.39, 0.29) is 11.4 Å². The number of fused-ring (bicyclic) bond motifs is 3. The summed E-state index contributed by atoms with van der Waals surface area (Å²) >= 11 is 6.22. The van der Waals surface area contributed by atoms with Crippen LogP contribution >= 0.6 is 11.6 Å². The highest BCUT2D eigenvalue weighted by Gasteiger charge is 2.43. The Morgan fingerprint density at radius 3 is 2.90 bits per heavy atom. The Hall–Kier alpha value is -2.44. The molecule has 158 valence electrons. The number of carbonyl (C=O) groups is 1. The standard InChI is InChI=1S/C23H25ClN2O4/c1-28-22(27)15-2-5-20-19(10-15)26(12-17-6-8-25-17)13-23(14-30-20)7-9-29-21-11-16(24)3-4-18(21)23/h2-5,10-11,17,25H,6-9,12-14H2,1H3/t17-,23?/m0/s1. The summed E-state index contributed by atoms with van der Waals surface area (Å²) < 4.78 is 17.2. The van der Waals surface area contributed by atoms with E-state index in [9.17, 15) is 4.79 Å². The van der Waals surface area contributed by atoms with Gasteiger partial charge in [0.15, 0.2) is 0 Å². The third-order valence-corrected chi connectivity index (χ3v) is 6.67. The summed E-state index contributed by atoms with van der Waals surface area (Å²) in [6, 6.07) is 11.8. The molecule has 7 heteroatoms. The van der Waals surface area contributed by atoms with E-state index in [1.54, 1.807) is 6.07 Å². The molecule has 0 amide bonds. The maximum absolute atomic E-state index is 12.1. The van der Waals surface area contributed by atoms with E-state index in [0.29, 0.717) is 29.8 Å². The first-order valence-corrected chi connectivity index (χ1v) is 10.7. The molecule has 0 aliphatic carbocycles. The van der Waals surface area contributed by atoms with E-state index >= 15 is 0 Å². The van der Waals surface area contributed by atoms with Gasteiger partial charge in [-0.25, -0.2) is 4.79 Å². The normalized spacial score (nSPS) is 24.6. The summed E-state index contributed by atoms with van der Waals surface area (Å²) in [4.78, 5) is 14.5. The summed E-state index contributed by atoms with van der Waals surface area (Å²) in [6.45, 7) is 3.85. The predicted molar refractivity (Wildman–Crippen MR) is 115 cm³/mol. The van der Waals surface area contributed by atoms with Gasteiger partial charge in [0.1, 0.15) is 11.5 Å². The maximum Gasteiger partial charge on any atom is 0.337 e. The molecular weight excluding hydrogens is 404 g/mol. The highest BCUT2D eigenvalue weighted by atomic mass is 35.5. The van der Waals surface area contributed by atoms with Gasteiger partial charge in [0, 0.05) is 29.7 Å². The molecule has 2 aromatic rings. The second-order valence-corrected chi connectivity index (χ2v) is 8.74. The lowest BCUT2D eigenvalue weighted by Gasteiger charge is -2.42. The van der Waals surface area contributed by atoms with Gasteiger partial charge in [-0.05, 0) is 49.7 Å². The van der Waals surface area contributed by atoms with Crippen LogP contribution in [0.5, 0.6) is 11.5 Å². The average Bonchev–Trinajstić information content (AvgIpc) is 2.87. The Morgan fingerprint density at radius 2 is 2.13 bits per heavy atom. The molecule has 6 nitrogen and oxygen atoms in total. The van der Waals surface area contributed by atoms with Crippen molar-refractivity contribution in [1.82, 2.24) is 5.32 Å². The number of benzene rings is 2. The third kappa shape index (κ3) is 3.38. The monoisotopic (exact) mass is 428 g/mol. The number of anilines is 1. The molecule has 1 fully saturated rings. The van der Waals surface area contributed by atoms with Crippen molar-refractivity contribution in [3.63, 3.8) is 0 Å². The maximum atomic E-state index is 12.1. The number of hydrogen-bond donors (Lipinski definition) is 1. The molecule has 1 unspecified atom stereocenters. The lowest BCUT2D eigenvalue weighted by Crippen LogP contribution is -2.54. The van der Waals surface area contributed by atoms with Crippen LogP contribution in [0, 0.1) is 0 Å².